The van der Waals surface area contributed by atoms with Crippen molar-refractivity contribution in [2.24, 2.45) is 11.8 Å². The van der Waals surface area contributed by atoms with Crippen LogP contribution in [0, 0.1) is 11.8 Å². The Hall–Kier alpha value is -2.81. The van der Waals surface area contributed by atoms with E-state index in [4.69, 9.17) is 4.98 Å². The van der Waals surface area contributed by atoms with E-state index in [0.29, 0.717) is 12.0 Å². The quantitative estimate of drug-likeness (QED) is 0.422. The average molecular weight is 446 g/mol. The molecule has 3 fully saturated rings. The number of nitrogens with zero attached hydrogens (tertiary/aromatic N) is 2. The fourth-order valence-electron chi connectivity index (χ4n) is 5.74. The minimum atomic E-state index is 0.120. The molecule has 4 unspecified atom stereocenters. The van der Waals surface area contributed by atoms with E-state index in [1.807, 2.05) is 24.4 Å². The van der Waals surface area contributed by atoms with E-state index in [2.05, 4.69) is 43.6 Å². The summed E-state index contributed by atoms with van der Waals surface area (Å²) in [6.07, 6.45) is 10.2. The Labute approximate surface area is 193 Å². The zero-order chi connectivity index (χ0) is 22.2. The monoisotopic (exact) mass is 445 g/mol. The van der Waals surface area contributed by atoms with E-state index in [0.717, 1.165) is 66.8 Å². The Morgan fingerprint density at radius 1 is 1.06 bits per heavy atom. The fourth-order valence-corrected chi connectivity index (χ4v) is 5.74. The molecule has 1 aliphatic carbocycles. The van der Waals surface area contributed by atoms with Crippen LogP contribution < -0.4 is 21.5 Å². The summed E-state index contributed by atoms with van der Waals surface area (Å²) in [4.78, 5) is 25.5. The van der Waals surface area contributed by atoms with Crippen LogP contribution in [0.15, 0.2) is 42.7 Å². The number of aromatic nitrogens is 3. The zero-order valence-electron chi connectivity index (χ0n) is 18.7. The molecule has 6 rings (SSSR count). The molecule has 33 heavy (non-hydrogen) atoms. The van der Waals surface area contributed by atoms with Gasteiger partial charge in [-0.15, -0.1) is 0 Å². The summed E-state index contributed by atoms with van der Waals surface area (Å²) in [7, 11) is 0. The summed E-state index contributed by atoms with van der Waals surface area (Å²) in [5, 5.41) is 6.78. The number of para-hydroxylation sites is 2. The highest BCUT2D eigenvalue weighted by molar-refractivity contribution is 5.92. The molecule has 2 saturated heterocycles. The van der Waals surface area contributed by atoms with Crippen LogP contribution in [0.1, 0.15) is 62.0 Å². The number of piperidine rings is 1. The number of carbonyl (C=O) groups excluding carboxylic acids is 1. The number of hydrogen-bond acceptors (Lipinski definition) is 6. The zero-order valence-corrected chi connectivity index (χ0v) is 18.7. The highest BCUT2D eigenvalue weighted by Crippen LogP contribution is 2.38. The predicted molar refractivity (Wildman–Crippen MR) is 127 cm³/mol. The number of H-pyrrole nitrogens is 1. The molecule has 4 atom stereocenters. The third-order valence-corrected chi connectivity index (χ3v) is 7.57. The van der Waals surface area contributed by atoms with Crippen molar-refractivity contribution in [2.75, 3.05) is 11.9 Å². The SMILES string of the molecule is O=C(Nc1cncc(C2CC3C(CN2)NNC3c2nc3ccccc3[nH]2)c1)C1CCCCC1. The van der Waals surface area contributed by atoms with Crippen molar-refractivity contribution in [3.8, 4) is 0 Å². The van der Waals surface area contributed by atoms with Gasteiger partial charge < -0.3 is 15.6 Å². The van der Waals surface area contributed by atoms with Crippen molar-refractivity contribution >= 4 is 22.6 Å². The van der Waals surface area contributed by atoms with E-state index in [1.165, 1.54) is 6.42 Å². The second-order valence-corrected chi connectivity index (χ2v) is 9.70. The van der Waals surface area contributed by atoms with Crippen molar-refractivity contribution in [1.29, 1.82) is 0 Å². The largest absolute Gasteiger partial charge is 0.341 e. The summed E-state index contributed by atoms with van der Waals surface area (Å²) < 4.78 is 0. The van der Waals surface area contributed by atoms with E-state index < -0.39 is 0 Å². The number of aromatic amines is 1. The maximum absolute atomic E-state index is 12.7. The Morgan fingerprint density at radius 3 is 2.82 bits per heavy atom. The second-order valence-electron chi connectivity index (χ2n) is 9.70. The van der Waals surface area contributed by atoms with Gasteiger partial charge in [-0.1, -0.05) is 31.4 Å². The molecule has 172 valence electrons. The summed E-state index contributed by atoms with van der Waals surface area (Å²) in [6.45, 7) is 0.859. The van der Waals surface area contributed by atoms with Gasteiger partial charge in [-0.05, 0) is 43.0 Å². The summed E-state index contributed by atoms with van der Waals surface area (Å²) in [5.74, 6) is 1.64. The normalized spacial score (nSPS) is 28.0. The molecule has 0 bridgehead atoms. The molecular formula is C25H31N7O. The van der Waals surface area contributed by atoms with Gasteiger partial charge >= 0.3 is 0 Å². The maximum Gasteiger partial charge on any atom is 0.227 e. The number of nitrogens with one attached hydrogen (secondary N) is 5. The first-order valence-corrected chi connectivity index (χ1v) is 12.2. The van der Waals surface area contributed by atoms with Gasteiger partial charge in [0.1, 0.15) is 5.82 Å². The average Bonchev–Trinajstić information content (AvgIpc) is 3.48. The van der Waals surface area contributed by atoms with Gasteiger partial charge in [-0.2, -0.15) is 0 Å². The van der Waals surface area contributed by atoms with Gasteiger partial charge in [0.05, 0.1) is 29.0 Å². The number of benzene rings is 1. The molecule has 3 aromatic rings. The molecular weight excluding hydrogens is 414 g/mol. The third kappa shape index (κ3) is 4.14. The third-order valence-electron chi connectivity index (χ3n) is 7.57. The minimum Gasteiger partial charge on any atom is -0.341 e. The number of rotatable bonds is 4. The number of anilines is 1. The molecule has 0 spiro atoms. The number of pyridine rings is 1. The van der Waals surface area contributed by atoms with Crippen molar-refractivity contribution in [2.45, 2.75) is 56.7 Å². The number of hydrogen-bond donors (Lipinski definition) is 5. The van der Waals surface area contributed by atoms with Crippen LogP contribution in [0.2, 0.25) is 0 Å². The van der Waals surface area contributed by atoms with Crippen molar-refractivity contribution in [3.05, 3.63) is 54.1 Å². The highest BCUT2D eigenvalue weighted by Gasteiger charge is 2.42. The molecule has 2 aromatic heterocycles. The van der Waals surface area contributed by atoms with E-state index in [9.17, 15) is 4.79 Å². The Morgan fingerprint density at radius 2 is 1.94 bits per heavy atom. The molecule has 3 aliphatic rings. The minimum absolute atomic E-state index is 0.120. The molecule has 0 radical (unpaired) electrons. The lowest BCUT2D eigenvalue weighted by molar-refractivity contribution is -0.120. The molecule has 8 nitrogen and oxygen atoms in total. The first kappa shape index (κ1) is 20.8. The lowest BCUT2D eigenvalue weighted by Crippen LogP contribution is -2.46. The van der Waals surface area contributed by atoms with Crippen LogP contribution in [-0.4, -0.2) is 33.4 Å². The predicted octanol–water partition coefficient (Wildman–Crippen LogP) is 3.35. The van der Waals surface area contributed by atoms with Crippen LogP contribution in [0.3, 0.4) is 0 Å². The van der Waals surface area contributed by atoms with Crippen LogP contribution >= 0.6 is 0 Å². The van der Waals surface area contributed by atoms with Crippen LogP contribution in [-0.2, 0) is 4.79 Å². The first-order chi connectivity index (χ1) is 16.2. The number of imidazole rings is 1. The molecule has 1 saturated carbocycles. The number of fused-ring (bicyclic) bond motifs is 2. The number of amides is 1. The lowest BCUT2D eigenvalue weighted by Gasteiger charge is -2.34. The topological polar surface area (TPSA) is 107 Å². The summed E-state index contributed by atoms with van der Waals surface area (Å²) in [5.41, 5.74) is 10.9. The maximum atomic E-state index is 12.7. The van der Waals surface area contributed by atoms with E-state index in [-0.39, 0.29) is 23.9 Å². The van der Waals surface area contributed by atoms with Crippen LogP contribution in [0.4, 0.5) is 5.69 Å². The molecule has 2 aliphatic heterocycles. The smallest absolute Gasteiger partial charge is 0.227 e. The van der Waals surface area contributed by atoms with Gasteiger partial charge in [0.15, 0.2) is 0 Å². The van der Waals surface area contributed by atoms with E-state index in [1.54, 1.807) is 6.20 Å². The molecule has 4 heterocycles. The highest BCUT2D eigenvalue weighted by atomic mass is 16.1. The first-order valence-electron chi connectivity index (χ1n) is 12.2. The Kier molecular flexibility index (Phi) is 5.57. The molecule has 5 N–H and O–H groups in total. The number of carbonyl (C=O) groups is 1. The lowest BCUT2D eigenvalue weighted by atomic mass is 9.82. The molecule has 1 amide bonds. The standard InChI is InChI=1S/C25H31N7O/c33-25(15-6-2-1-3-7-15)28-17-10-16(12-26-13-17)21-11-18-22(14-27-21)31-32-23(18)24-29-19-8-4-5-9-20(19)30-24/h4-5,8-10,12-13,15,18,21-23,27,31-32H,1-3,6-7,11,14H2,(H,28,33)(H,29,30). The van der Waals surface area contributed by atoms with E-state index >= 15 is 0 Å². The summed E-state index contributed by atoms with van der Waals surface area (Å²) >= 11 is 0. The van der Waals surface area contributed by atoms with Crippen molar-refractivity contribution < 1.29 is 4.79 Å². The van der Waals surface area contributed by atoms with Crippen molar-refractivity contribution in [3.63, 3.8) is 0 Å². The Bertz CT molecular complexity index is 1110. The second kappa shape index (κ2) is 8.85. The van der Waals surface area contributed by atoms with Gasteiger partial charge in [-0.3, -0.25) is 15.2 Å². The molecule has 1 aromatic carbocycles. The van der Waals surface area contributed by atoms with Gasteiger partial charge in [0, 0.05) is 36.7 Å². The van der Waals surface area contributed by atoms with Gasteiger partial charge in [0.2, 0.25) is 5.91 Å². The van der Waals surface area contributed by atoms with Crippen LogP contribution in [0.5, 0.6) is 0 Å². The van der Waals surface area contributed by atoms with Gasteiger partial charge in [0.25, 0.3) is 0 Å². The number of hydrazine groups is 1. The summed E-state index contributed by atoms with van der Waals surface area (Å²) in [6, 6.07) is 10.9. The fraction of sp³-hybridized carbons (Fsp3) is 0.480. The molecule has 8 heteroatoms. The van der Waals surface area contributed by atoms with Crippen LogP contribution in [0.25, 0.3) is 11.0 Å². The van der Waals surface area contributed by atoms with Crippen molar-refractivity contribution in [1.82, 2.24) is 31.1 Å². The van der Waals surface area contributed by atoms with Gasteiger partial charge in [-0.25, -0.2) is 10.4 Å². The Balaban J connectivity index is 1.17.